The summed E-state index contributed by atoms with van der Waals surface area (Å²) in [6.45, 7) is 8.77. The third kappa shape index (κ3) is 6.24. The molecule has 0 aliphatic carbocycles. The van der Waals surface area contributed by atoms with Gasteiger partial charge in [-0.15, -0.1) is 0 Å². The Hall–Kier alpha value is -2.08. The van der Waals surface area contributed by atoms with E-state index in [-0.39, 0.29) is 30.4 Å². The molecule has 1 aromatic rings. The molecule has 0 radical (unpaired) electrons. The lowest BCUT2D eigenvalue weighted by atomic mass is 9.96. The van der Waals surface area contributed by atoms with Crippen LogP contribution < -0.4 is 5.73 Å². The topological polar surface area (TPSA) is 75.9 Å². The molecule has 1 aromatic carbocycles. The van der Waals surface area contributed by atoms with Crippen LogP contribution in [0.25, 0.3) is 0 Å². The summed E-state index contributed by atoms with van der Waals surface area (Å²) in [6.07, 6.45) is 1.65. The van der Waals surface area contributed by atoms with Crippen LogP contribution in [0.2, 0.25) is 0 Å². The molecule has 0 aromatic heterocycles. The van der Waals surface area contributed by atoms with Crippen molar-refractivity contribution in [3.05, 3.63) is 35.9 Å². The van der Waals surface area contributed by atoms with Crippen molar-refractivity contribution in [1.82, 2.24) is 9.80 Å². The van der Waals surface area contributed by atoms with Gasteiger partial charge in [0.25, 0.3) is 0 Å². The zero-order valence-corrected chi connectivity index (χ0v) is 16.8. The normalized spacial score (nSPS) is 18.3. The van der Waals surface area contributed by atoms with Gasteiger partial charge in [-0.25, -0.2) is 4.79 Å². The van der Waals surface area contributed by atoms with Crippen molar-refractivity contribution >= 4 is 12.0 Å². The van der Waals surface area contributed by atoms with Gasteiger partial charge in [0.05, 0.1) is 6.04 Å². The van der Waals surface area contributed by atoms with Crippen LogP contribution in [-0.2, 0) is 16.1 Å². The Labute approximate surface area is 162 Å². The highest BCUT2D eigenvalue weighted by Crippen LogP contribution is 2.19. The van der Waals surface area contributed by atoms with Crippen LogP contribution in [-0.4, -0.2) is 54.0 Å². The number of carbonyl (C=O) groups excluding carboxylic acids is 2. The monoisotopic (exact) mass is 375 g/mol. The third-order valence-corrected chi connectivity index (χ3v) is 5.16. The number of benzene rings is 1. The van der Waals surface area contributed by atoms with Crippen molar-refractivity contribution in [2.75, 3.05) is 26.2 Å². The first-order valence-electron chi connectivity index (χ1n) is 9.92. The van der Waals surface area contributed by atoms with E-state index in [0.717, 1.165) is 18.4 Å². The van der Waals surface area contributed by atoms with Crippen molar-refractivity contribution in [3.63, 3.8) is 0 Å². The molecule has 27 heavy (non-hydrogen) atoms. The number of likely N-dealkylation sites (N-methyl/N-ethyl adjacent to an activating group) is 1. The summed E-state index contributed by atoms with van der Waals surface area (Å²) in [5.74, 6) is 0.366. The van der Waals surface area contributed by atoms with E-state index in [0.29, 0.717) is 26.2 Å². The van der Waals surface area contributed by atoms with Gasteiger partial charge in [0.2, 0.25) is 5.91 Å². The van der Waals surface area contributed by atoms with E-state index in [9.17, 15) is 9.59 Å². The number of carbonyl (C=O) groups is 2. The lowest BCUT2D eigenvalue weighted by molar-refractivity contribution is -0.134. The molecule has 0 saturated carbocycles. The van der Waals surface area contributed by atoms with Crippen molar-refractivity contribution < 1.29 is 14.3 Å². The highest BCUT2D eigenvalue weighted by molar-refractivity contribution is 5.81. The van der Waals surface area contributed by atoms with Crippen LogP contribution in [0.15, 0.2) is 30.3 Å². The Morgan fingerprint density at radius 1 is 1.30 bits per heavy atom. The molecule has 1 unspecified atom stereocenters. The number of piperidine rings is 1. The molecule has 2 amide bonds. The van der Waals surface area contributed by atoms with Crippen molar-refractivity contribution in [2.24, 2.45) is 17.6 Å². The summed E-state index contributed by atoms with van der Waals surface area (Å²) in [5.41, 5.74) is 7.01. The molecule has 6 heteroatoms. The Morgan fingerprint density at radius 3 is 2.63 bits per heavy atom. The van der Waals surface area contributed by atoms with Crippen LogP contribution in [0.1, 0.15) is 39.2 Å². The summed E-state index contributed by atoms with van der Waals surface area (Å²) in [4.78, 5) is 28.6. The Kier molecular flexibility index (Phi) is 8.10. The van der Waals surface area contributed by atoms with E-state index in [2.05, 4.69) is 0 Å². The smallest absolute Gasteiger partial charge is 0.410 e. The molecule has 6 nitrogen and oxygen atoms in total. The fourth-order valence-electron chi connectivity index (χ4n) is 3.37. The quantitative estimate of drug-likeness (QED) is 0.795. The molecule has 2 atom stereocenters. The fourth-order valence-corrected chi connectivity index (χ4v) is 3.37. The molecule has 2 rings (SSSR count). The van der Waals surface area contributed by atoms with Gasteiger partial charge in [-0.05, 0) is 37.2 Å². The van der Waals surface area contributed by atoms with Crippen LogP contribution in [0.4, 0.5) is 4.79 Å². The molecule has 1 aliphatic heterocycles. The predicted molar refractivity (Wildman–Crippen MR) is 106 cm³/mol. The first-order chi connectivity index (χ1) is 12.9. The molecular formula is C21H33N3O3. The molecule has 150 valence electrons. The largest absolute Gasteiger partial charge is 0.445 e. The number of likely N-dealkylation sites (tertiary alicyclic amines) is 1. The van der Waals surface area contributed by atoms with Crippen molar-refractivity contribution in [2.45, 2.75) is 46.3 Å². The predicted octanol–water partition coefficient (Wildman–Crippen LogP) is 2.87. The molecule has 0 spiro atoms. The van der Waals surface area contributed by atoms with Crippen LogP contribution in [0.5, 0.6) is 0 Å². The zero-order chi connectivity index (χ0) is 19.8. The standard InChI is InChI=1S/C21H33N3O3/c1-4-23(20(25)19(22)16(2)3)13-18-11-8-12-24(14-18)21(26)27-15-17-9-6-5-7-10-17/h5-7,9-10,16,18-19H,4,8,11-15,22H2,1-3H3/t18?,19-/m0/s1. The number of ether oxygens (including phenoxy) is 1. The number of nitrogens with zero attached hydrogens (tertiary/aromatic N) is 2. The molecular weight excluding hydrogens is 342 g/mol. The summed E-state index contributed by atoms with van der Waals surface area (Å²) < 4.78 is 5.45. The van der Waals surface area contributed by atoms with E-state index in [1.807, 2.05) is 56.0 Å². The minimum Gasteiger partial charge on any atom is -0.445 e. The van der Waals surface area contributed by atoms with Gasteiger partial charge in [0, 0.05) is 26.2 Å². The van der Waals surface area contributed by atoms with Crippen LogP contribution >= 0.6 is 0 Å². The van der Waals surface area contributed by atoms with E-state index < -0.39 is 6.04 Å². The SMILES string of the molecule is CCN(CC1CCCN(C(=O)OCc2ccccc2)C1)C(=O)[C@@H](N)C(C)C. The summed E-state index contributed by atoms with van der Waals surface area (Å²) >= 11 is 0. The second-order valence-corrected chi connectivity index (χ2v) is 7.64. The molecule has 1 saturated heterocycles. The van der Waals surface area contributed by atoms with Crippen LogP contribution in [0, 0.1) is 11.8 Å². The van der Waals surface area contributed by atoms with E-state index >= 15 is 0 Å². The molecule has 2 N–H and O–H groups in total. The first-order valence-corrected chi connectivity index (χ1v) is 9.92. The van der Waals surface area contributed by atoms with Gasteiger partial charge in [0.15, 0.2) is 0 Å². The second-order valence-electron chi connectivity index (χ2n) is 7.64. The van der Waals surface area contributed by atoms with Gasteiger partial charge in [0.1, 0.15) is 6.61 Å². The second kappa shape index (κ2) is 10.3. The van der Waals surface area contributed by atoms with E-state index in [1.165, 1.54) is 0 Å². The summed E-state index contributed by atoms with van der Waals surface area (Å²) in [6, 6.07) is 9.20. The number of hydrogen-bond donors (Lipinski definition) is 1. The Morgan fingerprint density at radius 2 is 2.00 bits per heavy atom. The molecule has 0 bridgehead atoms. The maximum Gasteiger partial charge on any atom is 0.410 e. The molecule has 1 heterocycles. The minimum absolute atomic E-state index is 0.00345. The van der Waals surface area contributed by atoms with Gasteiger partial charge in [-0.2, -0.15) is 0 Å². The van der Waals surface area contributed by atoms with Gasteiger partial charge >= 0.3 is 6.09 Å². The minimum atomic E-state index is -0.472. The average molecular weight is 376 g/mol. The van der Waals surface area contributed by atoms with Gasteiger partial charge < -0.3 is 20.3 Å². The lowest BCUT2D eigenvalue weighted by Crippen LogP contribution is -2.50. The maximum absolute atomic E-state index is 12.6. The van der Waals surface area contributed by atoms with E-state index in [4.69, 9.17) is 10.5 Å². The van der Waals surface area contributed by atoms with Gasteiger partial charge in [-0.3, -0.25) is 4.79 Å². The summed E-state index contributed by atoms with van der Waals surface area (Å²) in [7, 11) is 0. The van der Waals surface area contributed by atoms with Crippen LogP contribution in [0.3, 0.4) is 0 Å². The van der Waals surface area contributed by atoms with Gasteiger partial charge in [-0.1, -0.05) is 44.2 Å². The Bertz CT molecular complexity index is 606. The average Bonchev–Trinajstić information content (AvgIpc) is 2.70. The van der Waals surface area contributed by atoms with Crippen molar-refractivity contribution in [1.29, 1.82) is 0 Å². The number of hydrogen-bond acceptors (Lipinski definition) is 4. The lowest BCUT2D eigenvalue weighted by Gasteiger charge is -2.35. The zero-order valence-electron chi connectivity index (χ0n) is 16.8. The van der Waals surface area contributed by atoms with Crippen molar-refractivity contribution in [3.8, 4) is 0 Å². The number of nitrogens with two attached hydrogens (primary N) is 1. The summed E-state index contributed by atoms with van der Waals surface area (Å²) in [5, 5.41) is 0. The number of amides is 2. The maximum atomic E-state index is 12.6. The highest BCUT2D eigenvalue weighted by atomic mass is 16.6. The number of rotatable bonds is 7. The first kappa shape index (κ1) is 21.2. The van der Waals surface area contributed by atoms with E-state index in [1.54, 1.807) is 4.90 Å². The fraction of sp³-hybridized carbons (Fsp3) is 0.619. The third-order valence-electron chi connectivity index (χ3n) is 5.16. The molecule has 1 fully saturated rings. The highest BCUT2D eigenvalue weighted by Gasteiger charge is 2.29. The Balaban J connectivity index is 1.86. The molecule has 1 aliphatic rings.